The van der Waals surface area contributed by atoms with Crippen molar-refractivity contribution < 1.29 is 4.42 Å². The van der Waals surface area contributed by atoms with Crippen LogP contribution in [0.1, 0.15) is 0 Å². The van der Waals surface area contributed by atoms with Gasteiger partial charge in [0, 0.05) is 138 Å². The molecule has 0 N–H and O–H groups in total. The maximum absolute atomic E-state index is 6.14. The molecule has 0 saturated carbocycles. The van der Waals surface area contributed by atoms with Gasteiger partial charge in [0.05, 0.1) is 0 Å². The van der Waals surface area contributed by atoms with Crippen LogP contribution >= 0.6 is 34.0 Å². The van der Waals surface area contributed by atoms with Crippen molar-refractivity contribution in [1.82, 2.24) is 59.8 Å². The van der Waals surface area contributed by atoms with Crippen molar-refractivity contribution in [2.24, 2.45) is 0 Å². The van der Waals surface area contributed by atoms with Crippen molar-refractivity contribution in [2.45, 2.75) is 0 Å². The van der Waals surface area contributed by atoms with Gasteiger partial charge in [-0.25, -0.2) is 59.8 Å². The van der Waals surface area contributed by atoms with Crippen LogP contribution in [0.25, 0.3) is 219 Å². The predicted octanol–water partition coefficient (Wildman–Crippen LogP) is 25.1. The number of hydrogen-bond donors (Lipinski definition) is 0. The topological polar surface area (TPSA) is 168 Å². The molecule has 0 aliphatic carbocycles. The minimum Gasteiger partial charge on any atom is -0.456 e. The molecule has 8 heterocycles. The Morgan fingerprint density at radius 2 is 0.438 bits per heavy atom. The van der Waals surface area contributed by atoms with Gasteiger partial charge >= 0.3 is 0 Å². The van der Waals surface area contributed by atoms with Gasteiger partial charge in [-0.05, 0) is 60.7 Å². The van der Waals surface area contributed by atoms with E-state index in [4.69, 9.17) is 64.2 Å². The van der Waals surface area contributed by atoms with Crippen LogP contribution < -0.4 is 0 Å². The fourth-order valence-electron chi connectivity index (χ4n) is 14.7. The van der Waals surface area contributed by atoms with Gasteiger partial charge < -0.3 is 4.42 Å². The molecule has 16 heteroatoms. The second kappa shape index (κ2) is 28.0. The summed E-state index contributed by atoms with van der Waals surface area (Å²) < 4.78 is 12.9. The Morgan fingerprint density at radius 1 is 0.170 bits per heavy atom. The van der Waals surface area contributed by atoms with Gasteiger partial charge in [-0.1, -0.05) is 279 Å². The molecule has 0 saturated heterocycles. The summed E-state index contributed by atoms with van der Waals surface area (Å²) in [6.07, 6.45) is 0. The first kappa shape index (κ1) is 65.8. The average Bonchev–Trinajstić information content (AvgIpc) is 1.61. The van der Waals surface area contributed by atoms with E-state index < -0.39 is 0 Å². The molecule has 13 nitrogen and oxygen atoms in total. The van der Waals surface area contributed by atoms with Crippen LogP contribution in [0, 0.1) is 0 Å². The molecule has 0 atom stereocenters. The zero-order valence-corrected chi connectivity index (χ0v) is 61.8. The second-order valence-corrected chi connectivity index (χ2v) is 30.1. The summed E-state index contributed by atoms with van der Waals surface area (Å²) in [5, 5.41) is 8.85. The number of rotatable bonds is 12. The lowest BCUT2D eigenvalue weighted by atomic mass is 10.0. The summed E-state index contributed by atoms with van der Waals surface area (Å²) in [4.78, 5) is 61.2. The van der Waals surface area contributed by atoms with Crippen LogP contribution in [0.4, 0.5) is 0 Å². The normalized spacial score (nSPS) is 11.6. The van der Waals surface area contributed by atoms with Gasteiger partial charge in [-0.15, -0.1) is 34.0 Å². The van der Waals surface area contributed by atoms with Crippen molar-refractivity contribution in [3.8, 4) is 137 Å². The van der Waals surface area contributed by atoms with Gasteiger partial charge in [0.1, 0.15) is 11.2 Å². The van der Waals surface area contributed by atoms with E-state index in [0.717, 1.165) is 134 Å². The molecule has 8 aromatic heterocycles. The van der Waals surface area contributed by atoms with Gasteiger partial charge in [0.15, 0.2) is 69.9 Å². The largest absolute Gasteiger partial charge is 0.456 e. The smallest absolute Gasteiger partial charge is 0.165 e. The summed E-state index contributed by atoms with van der Waals surface area (Å²) in [5.41, 5.74) is 12.9. The molecule has 0 spiro atoms. The highest BCUT2D eigenvalue weighted by Gasteiger charge is 2.25. The highest BCUT2D eigenvalue weighted by Crippen LogP contribution is 2.47. The lowest BCUT2D eigenvalue weighted by Crippen LogP contribution is -2.00. The number of fused-ring (bicyclic) bond motifs is 12. The first-order chi connectivity index (χ1) is 55.5. The average molecular weight is 1490 g/mol. The fraction of sp³-hybridized carbons (Fsp3) is 0. The van der Waals surface area contributed by atoms with Crippen LogP contribution in [-0.2, 0) is 0 Å². The second-order valence-electron chi connectivity index (χ2n) is 26.9. The summed E-state index contributed by atoms with van der Waals surface area (Å²) in [6, 6.07) is 115. The third kappa shape index (κ3) is 12.0. The standard InChI is InChI=1S/C48H28N6OS.C48H28N6S2/c1-4-14-29(15-5-1)43-49-44(30-16-6-2-7-17-30)52-47(51-43)35-22-13-25-40-41(35)34-21-12-23-36(42(34)56-40)48-53-45(31-18-8-3-9-19-31)50-46(54-48)32-26-27-39-37(28-32)33-20-10-11-24-38(33)55-39;1-4-15-29(16-5-1)43-49-44(30-17-6-2-7-18-30)51-46(50-43)35-24-14-28-39-40(35)34-23-13-26-37(42(34)56-39)48-53-45(31-19-8-3-9-20-31)52-47(54-48)36-25-12-22-33-32-21-10-11-27-38(32)55-41(33)36/h2*1-28H. The highest BCUT2D eigenvalue weighted by atomic mass is 32.1. The molecule has 0 fully saturated rings. The maximum Gasteiger partial charge on any atom is 0.165 e. The van der Waals surface area contributed by atoms with Gasteiger partial charge in [-0.3, -0.25) is 0 Å². The summed E-state index contributed by atoms with van der Waals surface area (Å²) in [7, 11) is 0. The molecule has 22 rings (SSSR count). The molecule has 22 aromatic rings. The van der Waals surface area contributed by atoms with Crippen molar-refractivity contribution >= 4 is 116 Å². The molecule has 0 amide bonds. The number of para-hydroxylation sites is 1. The number of benzene rings is 14. The molecule has 0 aliphatic heterocycles. The van der Waals surface area contributed by atoms with Crippen LogP contribution in [0.15, 0.2) is 344 Å². The van der Waals surface area contributed by atoms with Gasteiger partial charge in [-0.2, -0.15) is 0 Å². The maximum atomic E-state index is 6.14. The summed E-state index contributed by atoms with van der Waals surface area (Å²) in [6.45, 7) is 0. The van der Waals surface area contributed by atoms with E-state index in [2.05, 4.69) is 140 Å². The Hall–Kier alpha value is -14.4. The van der Waals surface area contributed by atoms with Crippen LogP contribution in [0.2, 0.25) is 0 Å². The Morgan fingerprint density at radius 3 is 0.848 bits per heavy atom. The zero-order chi connectivity index (χ0) is 74.0. The fourth-order valence-corrected chi connectivity index (χ4v) is 18.4. The molecule has 524 valence electrons. The SMILES string of the molecule is c1ccc(-c2nc(-c3ccc4oc5ccccc5c4c3)nc(-c3cccc4c3sc3cccc(-c5nc(-c6ccccc6)nc(-c6ccccc6)n5)c34)n2)cc1.c1ccc(-c2nc(-c3cccc4c3sc3ccccc34)nc(-c3cccc4c3sc3cccc(-c5nc(-c6ccccc6)nc(-c6ccccc6)n5)c34)n2)cc1. The lowest BCUT2D eigenvalue weighted by Gasteiger charge is -2.10. The van der Waals surface area contributed by atoms with Crippen molar-refractivity contribution in [2.75, 3.05) is 0 Å². The molecule has 0 radical (unpaired) electrons. The van der Waals surface area contributed by atoms with E-state index in [1.807, 2.05) is 200 Å². The number of furan rings is 1. The lowest BCUT2D eigenvalue weighted by molar-refractivity contribution is 0.669. The molecule has 0 unspecified atom stereocenters. The summed E-state index contributed by atoms with van der Waals surface area (Å²) >= 11 is 5.23. The molecule has 0 bridgehead atoms. The van der Waals surface area contributed by atoms with E-state index in [0.29, 0.717) is 69.9 Å². The molecule has 112 heavy (non-hydrogen) atoms. The monoisotopic (exact) mass is 1490 g/mol. The van der Waals surface area contributed by atoms with E-state index in [1.54, 1.807) is 34.0 Å². The number of aromatic nitrogens is 12. The first-order valence-electron chi connectivity index (χ1n) is 36.6. The first-order valence-corrected chi connectivity index (χ1v) is 39.0. The minimum atomic E-state index is 0.590. The quantitative estimate of drug-likeness (QED) is 0.113. The summed E-state index contributed by atoms with van der Waals surface area (Å²) in [5.74, 6) is 7.46. The molecule has 0 aliphatic rings. The van der Waals surface area contributed by atoms with E-state index in [-0.39, 0.29) is 0 Å². The third-order valence-electron chi connectivity index (χ3n) is 20.0. The molecular formula is C96H56N12OS3. The van der Waals surface area contributed by atoms with Crippen LogP contribution in [0.5, 0.6) is 0 Å². The number of nitrogens with zero attached hydrogens (tertiary/aromatic N) is 12. The third-order valence-corrected chi connectivity index (χ3v) is 23.7. The predicted molar refractivity (Wildman–Crippen MR) is 458 cm³/mol. The number of thiophene rings is 3. The molecule has 14 aromatic carbocycles. The van der Waals surface area contributed by atoms with Crippen LogP contribution in [-0.4, -0.2) is 59.8 Å². The van der Waals surface area contributed by atoms with Gasteiger partial charge in [0.25, 0.3) is 0 Å². The Bertz CT molecular complexity index is 7260. The zero-order valence-electron chi connectivity index (χ0n) is 59.3. The van der Waals surface area contributed by atoms with Crippen molar-refractivity contribution in [3.63, 3.8) is 0 Å². The Labute approximate surface area is 652 Å². The van der Waals surface area contributed by atoms with E-state index >= 15 is 0 Å². The Kier molecular flexibility index (Phi) is 16.4. The van der Waals surface area contributed by atoms with E-state index in [1.165, 1.54) is 15.5 Å². The van der Waals surface area contributed by atoms with Crippen molar-refractivity contribution in [3.05, 3.63) is 340 Å². The van der Waals surface area contributed by atoms with Crippen molar-refractivity contribution in [1.29, 1.82) is 0 Å². The number of hydrogen-bond acceptors (Lipinski definition) is 16. The van der Waals surface area contributed by atoms with Crippen LogP contribution in [0.3, 0.4) is 0 Å². The Balaban J connectivity index is 0.000000141. The van der Waals surface area contributed by atoms with E-state index in [9.17, 15) is 0 Å². The minimum absolute atomic E-state index is 0.590. The van der Waals surface area contributed by atoms with Gasteiger partial charge in [0.2, 0.25) is 0 Å². The molecular weight excluding hydrogens is 1430 g/mol. The highest BCUT2D eigenvalue weighted by molar-refractivity contribution is 7.27.